The van der Waals surface area contributed by atoms with E-state index in [4.69, 9.17) is 4.74 Å². The smallest absolute Gasteiger partial charge is 0.321 e. The lowest BCUT2D eigenvalue weighted by molar-refractivity contribution is -0.144. The van der Waals surface area contributed by atoms with Gasteiger partial charge in [-0.2, -0.15) is 4.98 Å². The summed E-state index contributed by atoms with van der Waals surface area (Å²) >= 11 is 0. The summed E-state index contributed by atoms with van der Waals surface area (Å²) in [6, 6.07) is 1.43. The van der Waals surface area contributed by atoms with Crippen molar-refractivity contribution >= 4 is 11.9 Å². The second-order valence-corrected chi connectivity index (χ2v) is 6.12. The van der Waals surface area contributed by atoms with Crippen LogP contribution in [0.1, 0.15) is 26.2 Å². The summed E-state index contributed by atoms with van der Waals surface area (Å²) in [5.41, 5.74) is 0. The van der Waals surface area contributed by atoms with E-state index in [9.17, 15) is 9.90 Å². The van der Waals surface area contributed by atoms with Crippen LogP contribution in [0.2, 0.25) is 0 Å². The van der Waals surface area contributed by atoms with Crippen molar-refractivity contribution in [3.63, 3.8) is 0 Å². The molecule has 1 N–H and O–H groups in total. The number of rotatable bonds is 6. The standard InChI is InChI=1S/C16H24N4O3/c1-2-23-13-6-7-17-16(18-13)20-9-3-8-19(10-11-20)14(15(21)22)12-4-5-12/h6-7,12,14H,2-5,8-11H2,1H3,(H,21,22). The molecule has 0 radical (unpaired) electrons. The second-order valence-electron chi connectivity index (χ2n) is 6.12. The highest BCUT2D eigenvalue weighted by atomic mass is 16.5. The summed E-state index contributed by atoms with van der Waals surface area (Å²) in [7, 11) is 0. The number of carboxylic acids is 1. The Hall–Kier alpha value is -1.89. The summed E-state index contributed by atoms with van der Waals surface area (Å²) in [5.74, 6) is 0.892. The van der Waals surface area contributed by atoms with Crippen molar-refractivity contribution in [3.05, 3.63) is 12.3 Å². The largest absolute Gasteiger partial charge is 0.480 e. The molecule has 1 unspecified atom stereocenters. The lowest BCUT2D eigenvalue weighted by atomic mass is 10.1. The molecule has 1 aromatic heterocycles. The first-order valence-electron chi connectivity index (χ1n) is 8.36. The summed E-state index contributed by atoms with van der Waals surface area (Å²) in [6.07, 6.45) is 4.70. The van der Waals surface area contributed by atoms with Crippen LogP contribution in [0, 0.1) is 5.92 Å². The predicted molar refractivity (Wildman–Crippen MR) is 85.8 cm³/mol. The molecule has 126 valence electrons. The summed E-state index contributed by atoms with van der Waals surface area (Å²) in [4.78, 5) is 24.6. The fourth-order valence-electron chi connectivity index (χ4n) is 3.20. The second kappa shape index (κ2) is 7.12. The van der Waals surface area contributed by atoms with Crippen molar-refractivity contribution in [2.45, 2.75) is 32.2 Å². The summed E-state index contributed by atoms with van der Waals surface area (Å²) in [6.45, 7) is 5.63. The van der Waals surface area contributed by atoms with Crippen LogP contribution in [0.5, 0.6) is 5.88 Å². The molecule has 0 spiro atoms. The van der Waals surface area contributed by atoms with E-state index in [1.165, 1.54) is 0 Å². The number of anilines is 1. The lowest BCUT2D eigenvalue weighted by Crippen LogP contribution is -2.44. The van der Waals surface area contributed by atoms with Gasteiger partial charge >= 0.3 is 5.97 Å². The van der Waals surface area contributed by atoms with Gasteiger partial charge in [0.1, 0.15) is 6.04 Å². The van der Waals surface area contributed by atoms with Gasteiger partial charge < -0.3 is 14.7 Å². The number of aromatic nitrogens is 2. The number of carboxylic acid groups (broad SMARTS) is 1. The molecule has 1 saturated carbocycles. The first kappa shape index (κ1) is 16.0. The molecular formula is C16H24N4O3. The molecular weight excluding hydrogens is 296 g/mol. The highest BCUT2D eigenvalue weighted by molar-refractivity contribution is 5.74. The van der Waals surface area contributed by atoms with Crippen molar-refractivity contribution in [1.29, 1.82) is 0 Å². The van der Waals surface area contributed by atoms with E-state index in [-0.39, 0.29) is 6.04 Å². The van der Waals surface area contributed by atoms with Gasteiger partial charge in [0.15, 0.2) is 0 Å². The average molecular weight is 320 g/mol. The molecule has 1 saturated heterocycles. The van der Waals surface area contributed by atoms with Crippen molar-refractivity contribution in [2.24, 2.45) is 5.92 Å². The van der Waals surface area contributed by atoms with Gasteiger partial charge in [-0.15, -0.1) is 0 Å². The number of hydrogen-bond acceptors (Lipinski definition) is 6. The minimum Gasteiger partial charge on any atom is -0.480 e. The molecule has 1 aliphatic carbocycles. The number of aliphatic carboxylic acids is 1. The Kier molecular flexibility index (Phi) is 4.95. The van der Waals surface area contributed by atoms with Gasteiger partial charge in [0.2, 0.25) is 11.8 Å². The Morgan fingerprint density at radius 1 is 1.39 bits per heavy atom. The lowest BCUT2D eigenvalue weighted by Gasteiger charge is -2.27. The number of ether oxygens (including phenoxy) is 1. The third-order valence-corrected chi connectivity index (χ3v) is 4.44. The molecule has 2 fully saturated rings. The molecule has 7 heteroatoms. The zero-order valence-corrected chi connectivity index (χ0v) is 13.5. The first-order chi connectivity index (χ1) is 11.2. The van der Waals surface area contributed by atoms with Crippen molar-refractivity contribution in [3.8, 4) is 5.88 Å². The highest BCUT2D eigenvalue weighted by Crippen LogP contribution is 2.36. The zero-order chi connectivity index (χ0) is 16.2. The van der Waals surface area contributed by atoms with Gasteiger partial charge in [-0.1, -0.05) is 0 Å². The summed E-state index contributed by atoms with van der Waals surface area (Å²) in [5, 5.41) is 9.51. The number of hydrogen-bond donors (Lipinski definition) is 1. The van der Waals surface area contributed by atoms with Gasteiger partial charge in [-0.25, -0.2) is 4.98 Å². The Morgan fingerprint density at radius 2 is 2.22 bits per heavy atom. The molecule has 7 nitrogen and oxygen atoms in total. The van der Waals surface area contributed by atoms with Gasteiger partial charge in [-0.3, -0.25) is 9.69 Å². The van der Waals surface area contributed by atoms with E-state index < -0.39 is 5.97 Å². The van der Waals surface area contributed by atoms with Crippen LogP contribution in [0.4, 0.5) is 5.95 Å². The highest BCUT2D eigenvalue weighted by Gasteiger charge is 2.40. The molecule has 1 aromatic rings. The van der Waals surface area contributed by atoms with Gasteiger partial charge in [0.25, 0.3) is 0 Å². The van der Waals surface area contributed by atoms with Crippen LogP contribution >= 0.6 is 0 Å². The van der Waals surface area contributed by atoms with Crippen LogP contribution in [-0.4, -0.2) is 64.8 Å². The normalized spacial score (nSPS) is 20.8. The van der Waals surface area contributed by atoms with Crippen LogP contribution in [0.3, 0.4) is 0 Å². The fraction of sp³-hybridized carbons (Fsp3) is 0.688. The molecule has 2 heterocycles. The van der Waals surface area contributed by atoms with Gasteiger partial charge in [-0.05, 0) is 32.1 Å². The molecule has 2 aliphatic rings. The third kappa shape index (κ3) is 3.90. The molecule has 1 aliphatic heterocycles. The van der Waals surface area contributed by atoms with Crippen LogP contribution in [-0.2, 0) is 4.79 Å². The van der Waals surface area contributed by atoms with Crippen LogP contribution < -0.4 is 9.64 Å². The van der Waals surface area contributed by atoms with Crippen molar-refractivity contribution in [2.75, 3.05) is 37.7 Å². The van der Waals surface area contributed by atoms with Gasteiger partial charge in [0, 0.05) is 38.4 Å². The first-order valence-corrected chi connectivity index (χ1v) is 8.36. The van der Waals surface area contributed by atoms with E-state index in [1.54, 1.807) is 12.3 Å². The van der Waals surface area contributed by atoms with E-state index in [0.29, 0.717) is 24.4 Å². The SMILES string of the molecule is CCOc1ccnc(N2CCCN(C(C(=O)O)C3CC3)CC2)n1. The van der Waals surface area contributed by atoms with Crippen LogP contribution in [0.15, 0.2) is 12.3 Å². The van der Waals surface area contributed by atoms with Gasteiger partial charge in [0.05, 0.1) is 6.61 Å². The Morgan fingerprint density at radius 3 is 2.91 bits per heavy atom. The molecule has 0 bridgehead atoms. The molecule has 23 heavy (non-hydrogen) atoms. The Labute approximate surface area is 136 Å². The van der Waals surface area contributed by atoms with E-state index in [0.717, 1.165) is 45.4 Å². The molecule has 0 amide bonds. The van der Waals surface area contributed by atoms with E-state index in [1.807, 2.05) is 6.92 Å². The fourth-order valence-corrected chi connectivity index (χ4v) is 3.20. The Balaban J connectivity index is 1.66. The minimum atomic E-state index is -0.685. The van der Waals surface area contributed by atoms with Crippen LogP contribution in [0.25, 0.3) is 0 Å². The topological polar surface area (TPSA) is 78.8 Å². The summed E-state index contributed by atoms with van der Waals surface area (Å²) < 4.78 is 5.43. The zero-order valence-electron chi connectivity index (χ0n) is 13.5. The quantitative estimate of drug-likeness (QED) is 0.845. The van der Waals surface area contributed by atoms with E-state index >= 15 is 0 Å². The minimum absolute atomic E-state index is 0.328. The predicted octanol–water partition coefficient (Wildman–Crippen LogP) is 1.25. The third-order valence-electron chi connectivity index (χ3n) is 4.44. The molecule has 0 aromatic carbocycles. The molecule has 3 rings (SSSR count). The maximum atomic E-state index is 11.6. The van der Waals surface area contributed by atoms with Crippen molar-refractivity contribution in [1.82, 2.24) is 14.9 Å². The van der Waals surface area contributed by atoms with E-state index in [2.05, 4.69) is 19.8 Å². The number of carbonyl (C=O) groups is 1. The monoisotopic (exact) mass is 320 g/mol. The Bertz CT molecular complexity index is 550. The maximum absolute atomic E-state index is 11.6. The molecule has 1 atom stereocenters. The number of nitrogens with zero attached hydrogens (tertiary/aromatic N) is 4. The van der Waals surface area contributed by atoms with Crippen molar-refractivity contribution < 1.29 is 14.6 Å². The maximum Gasteiger partial charge on any atom is 0.321 e. The average Bonchev–Trinajstić information content (AvgIpc) is 3.36.